The molecule has 5 rings (SSSR count). The van der Waals surface area contributed by atoms with Gasteiger partial charge in [0.15, 0.2) is 0 Å². The van der Waals surface area contributed by atoms with Crippen molar-refractivity contribution in [1.29, 1.82) is 0 Å². The van der Waals surface area contributed by atoms with Gasteiger partial charge in [-0.25, -0.2) is 5.43 Å². The number of nitrogens with zero attached hydrogens (tertiary/aromatic N) is 6. The number of hydrogen-bond donors (Lipinski definition) is 1. The predicted molar refractivity (Wildman–Crippen MR) is 140 cm³/mol. The second kappa shape index (κ2) is 10.5. The second-order valence-corrected chi connectivity index (χ2v) is 9.68. The maximum absolute atomic E-state index is 5.92. The van der Waals surface area contributed by atoms with Gasteiger partial charge in [-0.15, -0.1) is 0 Å². The van der Waals surface area contributed by atoms with E-state index < -0.39 is 0 Å². The molecule has 0 amide bonds. The maximum atomic E-state index is 5.92. The van der Waals surface area contributed by atoms with Crippen LogP contribution in [-0.2, 0) is 0 Å². The minimum atomic E-state index is 0.465. The Morgan fingerprint density at radius 3 is 2.00 bits per heavy atom. The van der Waals surface area contributed by atoms with E-state index in [1.54, 1.807) is 6.21 Å². The standard InChI is InChI=1S/C24H28IN7O/c25-19-9-7-18(8-10-19)21-12-11-20(33-21)17-26-30-22-27-23(31-13-3-1-4-14-31)29-24(28-22)32-15-5-2-6-16-32/h7-12,17H,1-6,13-16H2,(H,27,28,29,30)/b26-17+. The normalized spacial score (nSPS) is 17.0. The largest absolute Gasteiger partial charge is 0.455 e. The molecule has 0 bridgehead atoms. The summed E-state index contributed by atoms with van der Waals surface area (Å²) in [7, 11) is 0. The quantitative estimate of drug-likeness (QED) is 0.255. The van der Waals surface area contributed by atoms with Crippen molar-refractivity contribution in [2.75, 3.05) is 41.4 Å². The Hall–Kier alpha value is -2.69. The number of hydrogen-bond acceptors (Lipinski definition) is 8. The Morgan fingerprint density at radius 2 is 1.39 bits per heavy atom. The molecule has 0 spiro atoms. The molecule has 3 aromatic rings. The van der Waals surface area contributed by atoms with E-state index in [4.69, 9.17) is 9.40 Å². The van der Waals surface area contributed by atoms with Crippen LogP contribution in [0.5, 0.6) is 0 Å². The van der Waals surface area contributed by atoms with Gasteiger partial charge in [0.1, 0.15) is 11.5 Å². The first-order valence-corrected chi connectivity index (χ1v) is 12.7. The SMILES string of the molecule is Ic1ccc(-c2ccc(/C=N/Nc3nc(N4CCCCC4)nc(N4CCCCC4)n3)o2)cc1. The van der Waals surface area contributed by atoms with E-state index in [1.807, 2.05) is 12.1 Å². The van der Waals surface area contributed by atoms with E-state index in [-0.39, 0.29) is 0 Å². The Morgan fingerprint density at radius 1 is 0.788 bits per heavy atom. The van der Waals surface area contributed by atoms with Crippen molar-refractivity contribution in [3.05, 3.63) is 45.7 Å². The number of anilines is 3. The van der Waals surface area contributed by atoms with Crippen LogP contribution in [0.1, 0.15) is 44.3 Å². The molecule has 0 unspecified atom stereocenters. The van der Waals surface area contributed by atoms with E-state index in [1.165, 1.54) is 42.1 Å². The molecule has 0 saturated carbocycles. The van der Waals surface area contributed by atoms with E-state index in [0.717, 1.165) is 49.4 Å². The zero-order chi connectivity index (χ0) is 22.5. The molecule has 2 saturated heterocycles. The molecule has 172 valence electrons. The van der Waals surface area contributed by atoms with Crippen LogP contribution >= 0.6 is 22.6 Å². The van der Waals surface area contributed by atoms with Gasteiger partial charge in [0.05, 0.1) is 6.21 Å². The first kappa shape index (κ1) is 22.1. The lowest BCUT2D eigenvalue weighted by Gasteiger charge is -2.30. The molecule has 0 atom stereocenters. The summed E-state index contributed by atoms with van der Waals surface area (Å²) in [5, 5.41) is 4.35. The Balaban J connectivity index is 1.32. The third kappa shape index (κ3) is 5.63. The van der Waals surface area contributed by atoms with Crippen LogP contribution in [0.25, 0.3) is 11.3 Å². The second-order valence-electron chi connectivity index (χ2n) is 8.43. The van der Waals surface area contributed by atoms with Crippen molar-refractivity contribution < 1.29 is 4.42 Å². The average Bonchev–Trinajstić information content (AvgIpc) is 3.34. The van der Waals surface area contributed by atoms with Gasteiger partial charge < -0.3 is 14.2 Å². The van der Waals surface area contributed by atoms with Gasteiger partial charge in [0.25, 0.3) is 0 Å². The molecule has 2 aliphatic rings. The molecule has 4 heterocycles. The molecular weight excluding hydrogens is 529 g/mol. The molecular formula is C24H28IN7O. The number of furan rings is 1. The van der Waals surface area contributed by atoms with Gasteiger partial charge >= 0.3 is 0 Å². The van der Waals surface area contributed by atoms with Crippen molar-refractivity contribution in [1.82, 2.24) is 15.0 Å². The number of piperidine rings is 2. The topological polar surface area (TPSA) is 82.7 Å². The predicted octanol–water partition coefficient (Wildman–Crippen LogP) is 5.16. The molecule has 2 fully saturated rings. The smallest absolute Gasteiger partial charge is 0.250 e. The van der Waals surface area contributed by atoms with Gasteiger partial charge in [-0.2, -0.15) is 20.1 Å². The van der Waals surface area contributed by atoms with Gasteiger partial charge in [0.2, 0.25) is 17.8 Å². The molecule has 0 radical (unpaired) electrons. The number of hydrazone groups is 1. The van der Waals surface area contributed by atoms with Gasteiger partial charge in [-0.3, -0.25) is 0 Å². The van der Waals surface area contributed by atoms with Crippen LogP contribution in [0.2, 0.25) is 0 Å². The zero-order valence-corrected chi connectivity index (χ0v) is 20.7. The number of benzene rings is 1. The van der Waals surface area contributed by atoms with Crippen LogP contribution in [-0.4, -0.2) is 47.3 Å². The number of halogens is 1. The Bertz CT molecular complexity index is 1050. The lowest BCUT2D eigenvalue weighted by molar-refractivity contribution is 0.556. The maximum Gasteiger partial charge on any atom is 0.250 e. The fourth-order valence-corrected chi connectivity index (χ4v) is 4.58. The lowest BCUT2D eigenvalue weighted by Crippen LogP contribution is -2.34. The Kier molecular flexibility index (Phi) is 7.03. The molecule has 1 aromatic carbocycles. The molecule has 2 aliphatic heterocycles. The van der Waals surface area contributed by atoms with Crippen molar-refractivity contribution in [2.24, 2.45) is 5.10 Å². The van der Waals surface area contributed by atoms with Gasteiger partial charge in [-0.1, -0.05) is 12.1 Å². The molecule has 2 aromatic heterocycles. The van der Waals surface area contributed by atoms with Crippen molar-refractivity contribution in [3.63, 3.8) is 0 Å². The minimum Gasteiger partial charge on any atom is -0.455 e. The fourth-order valence-electron chi connectivity index (χ4n) is 4.22. The monoisotopic (exact) mass is 557 g/mol. The molecule has 0 aliphatic carbocycles. The fraction of sp³-hybridized carbons (Fsp3) is 0.417. The lowest BCUT2D eigenvalue weighted by atomic mass is 10.1. The molecule has 8 nitrogen and oxygen atoms in total. The van der Waals surface area contributed by atoms with E-state index in [0.29, 0.717) is 11.7 Å². The van der Waals surface area contributed by atoms with E-state index in [2.05, 4.69) is 77.2 Å². The number of nitrogens with one attached hydrogen (secondary N) is 1. The van der Waals surface area contributed by atoms with Gasteiger partial charge in [-0.05, 0) is 85.4 Å². The summed E-state index contributed by atoms with van der Waals surface area (Å²) in [5.41, 5.74) is 4.04. The summed E-state index contributed by atoms with van der Waals surface area (Å²) < 4.78 is 7.12. The number of aromatic nitrogens is 3. The molecule has 33 heavy (non-hydrogen) atoms. The van der Waals surface area contributed by atoms with Crippen LogP contribution in [0.3, 0.4) is 0 Å². The highest BCUT2D eigenvalue weighted by atomic mass is 127. The summed E-state index contributed by atoms with van der Waals surface area (Å²) >= 11 is 2.30. The molecule has 1 N–H and O–H groups in total. The van der Waals surface area contributed by atoms with Crippen molar-refractivity contribution >= 4 is 46.7 Å². The Labute approximate surface area is 207 Å². The first-order valence-electron chi connectivity index (χ1n) is 11.7. The summed E-state index contributed by atoms with van der Waals surface area (Å²) in [5.74, 6) is 3.42. The zero-order valence-electron chi connectivity index (χ0n) is 18.6. The average molecular weight is 557 g/mol. The van der Waals surface area contributed by atoms with Crippen molar-refractivity contribution in [2.45, 2.75) is 38.5 Å². The number of rotatable bonds is 6. The van der Waals surface area contributed by atoms with E-state index >= 15 is 0 Å². The van der Waals surface area contributed by atoms with E-state index in [9.17, 15) is 0 Å². The minimum absolute atomic E-state index is 0.465. The highest BCUT2D eigenvalue weighted by Crippen LogP contribution is 2.24. The third-order valence-electron chi connectivity index (χ3n) is 6.00. The first-order chi connectivity index (χ1) is 16.2. The summed E-state index contributed by atoms with van der Waals surface area (Å²) in [6, 6.07) is 12.1. The van der Waals surface area contributed by atoms with Crippen molar-refractivity contribution in [3.8, 4) is 11.3 Å². The summed E-state index contributed by atoms with van der Waals surface area (Å²) in [4.78, 5) is 18.7. The summed E-state index contributed by atoms with van der Waals surface area (Å²) in [6.07, 6.45) is 8.88. The van der Waals surface area contributed by atoms with Crippen LogP contribution < -0.4 is 15.2 Å². The highest BCUT2D eigenvalue weighted by Gasteiger charge is 2.20. The van der Waals surface area contributed by atoms with Crippen LogP contribution in [0, 0.1) is 3.57 Å². The summed E-state index contributed by atoms with van der Waals surface area (Å²) in [6.45, 7) is 3.94. The highest BCUT2D eigenvalue weighted by molar-refractivity contribution is 14.1. The van der Waals surface area contributed by atoms with Crippen LogP contribution in [0.4, 0.5) is 17.8 Å². The van der Waals surface area contributed by atoms with Crippen LogP contribution in [0.15, 0.2) is 45.9 Å². The third-order valence-corrected chi connectivity index (χ3v) is 6.72. The van der Waals surface area contributed by atoms with Gasteiger partial charge in [0, 0.05) is 35.3 Å². The molecule has 9 heteroatoms.